The molecule has 0 aliphatic carbocycles. The standard InChI is InChI=1S/C16H13ClO2/c1-19-14-9-7-12(8-10-14)15(17)11-16(18)13-5-3-2-4-6-13/h2-11H,1H3/b15-11+. The zero-order valence-corrected chi connectivity index (χ0v) is 11.2. The largest absolute Gasteiger partial charge is 0.497 e. The number of benzene rings is 2. The lowest BCUT2D eigenvalue weighted by Gasteiger charge is -2.02. The van der Waals surface area contributed by atoms with Crippen LogP contribution < -0.4 is 4.74 Å². The predicted octanol–water partition coefficient (Wildman–Crippen LogP) is 4.16. The number of rotatable bonds is 4. The molecule has 0 aliphatic rings. The molecule has 0 aliphatic heterocycles. The number of ether oxygens (including phenoxy) is 1. The van der Waals surface area contributed by atoms with Crippen LogP contribution in [0.25, 0.3) is 5.03 Å². The maximum atomic E-state index is 12.0. The zero-order chi connectivity index (χ0) is 13.7. The van der Waals surface area contributed by atoms with Crippen LogP contribution in [0.1, 0.15) is 15.9 Å². The molecule has 0 amide bonds. The van der Waals surface area contributed by atoms with Crippen LogP contribution in [0, 0.1) is 0 Å². The quantitative estimate of drug-likeness (QED) is 0.617. The monoisotopic (exact) mass is 272 g/mol. The lowest BCUT2D eigenvalue weighted by Crippen LogP contribution is -1.94. The van der Waals surface area contributed by atoms with Crippen LogP contribution in [0.15, 0.2) is 60.7 Å². The molecule has 0 radical (unpaired) electrons. The number of halogens is 1. The van der Waals surface area contributed by atoms with E-state index >= 15 is 0 Å². The second-order valence-corrected chi connectivity index (χ2v) is 4.36. The number of hydrogen-bond donors (Lipinski definition) is 0. The summed E-state index contributed by atoms with van der Waals surface area (Å²) in [4.78, 5) is 12.0. The van der Waals surface area contributed by atoms with E-state index in [4.69, 9.17) is 16.3 Å². The number of allylic oxidation sites excluding steroid dienone is 1. The van der Waals surface area contributed by atoms with Crippen molar-refractivity contribution in [3.63, 3.8) is 0 Å². The first-order valence-electron chi connectivity index (χ1n) is 5.81. The van der Waals surface area contributed by atoms with E-state index in [0.29, 0.717) is 10.6 Å². The van der Waals surface area contributed by atoms with Crippen molar-refractivity contribution in [1.82, 2.24) is 0 Å². The van der Waals surface area contributed by atoms with Gasteiger partial charge in [-0.2, -0.15) is 0 Å². The van der Waals surface area contributed by atoms with Gasteiger partial charge < -0.3 is 4.74 Å². The molecule has 0 heterocycles. The normalized spacial score (nSPS) is 11.2. The molecular weight excluding hydrogens is 260 g/mol. The molecule has 2 aromatic rings. The zero-order valence-electron chi connectivity index (χ0n) is 10.5. The van der Waals surface area contributed by atoms with Crippen LogP contribution in [-0.2, 0) is 0 Å². The Morgan fingerprint density at radius 2 is 1.63 bits per heavy atom. The van der Waals surface area contributed by atoms with Gasteiger partial charge in [-0.3, -0.25) is 4.79 Å². The lowest BCUT2D eigenvalue weighted by molar-refractivity contribution is 0.104. The van der Waals surface area contributed by atoms with Crippen LogP contribution in [0.5, 0.6) is 5.75 Å². The van der Waals surface area contributed by atoms with Crippen molar-refractivity contribution in [3.8, 4) is 5.75 Å². The molecule has 0 atom stereocenters. The van der Waals surface area contributed by atoms with E-state index in [1.807, 2.05) is 30.3 Å². The van der Waals surface area contributed by atoms with E-state index in [2.05, 4.69) is 0 Å². The third-order valence-corrected chi connectivity index (χ3v) is 3.01. The van der Waals surface area contributed by atoms with E-state index in [1.54, 1.807) is 31.4 Å². The maximum absolute atomic E-state index is 12.0. The smallest absolute Gasteiger partial charge is 0.187 e. The SMILES string of the molecule is COc1ccc(/C(Cl)=C\C(=O)c2ccccc2)cc1. The van der Waals surface area contributed by atoms with Crippen molar-refractivity contribution in [3.05, 3.63) is 71.8 Å². The third kappa shape index (κ3) is 3.46. The Morgan fingerprint density at radius 1 is 1.00 bits per heavy atom. The second kappa shape index (κ2) is 6.21. The molecule has 2 rings (SSSR count). The van der Waals surface area contributed by atoms with Crippen molar-refractivity contribution in [1.29, 1.82) is 0 Å². The first kappa shape index (κ1) is 13.4. The highest BCUT2D eigenvalue weighted by molar-refractivity contribution is 6.50. The minimum atomic E-state index is -0.110. The van der Waals surface area contributed by atoms with Gasteiger partial charge in [0, 0.05) is 11.6 Å². The fraction of sp³-hybridized carbons (Fsp3) is 0.0625. The van der Waals surface area contributed by atoms with Gasteiger partial charge in [-0.25, -0.2) is 0 Å². The fourth-order valence-corrected chi connectivity index (χ4v) is 1.86. The summed E-state index contributed by atoms with van der Waals surface area (Å²) in [6, 6.07) is 16.3. The molecule has 0 bridgehead atoms. The van der Waals surface area contributed by atoms with Gasteiger partial charge in [0.1, 0.15) is 5.75 Å². The molecule has 19 heavy (non-hydrogen) atoms. The summed E-state index contributed by atoms with van der Waals surface area (Å²) < 4.78 is 5.07. The number of carbonyl (C=O) groups is 1. The average molecular weight is 273 g/mol. The molecule has 0 saturated heterocycles. The maximum Gasteiger partial charge on any atom is 0.187 e. The molecule has 0 spiro atoms. The minimum Gasteiger partial charge on any atom is -0.497 e. The molecule has 3 heteroatoms. The summed E-state index contributed by atoms with van der Waals surface area (Å²) in [6.07, 6.45) is 1.43. The van der Waals surface area contributed by atoms with Crippen molar-refractivity contribution >= 4 is 22.4 Å². The summed E-state index contributed by atoms with van der Waals surface area (Å²) in [5.41, 5.74) is 1.40. The van der Waals surface area contributed by atoms with Crippen molar-refractivity contribution in [2.75, 3.05) is 7.11 Å². The van der Waals surface area contributed by atoms with Crippen molar-refractivity contribution in [2.45, 2.75) is 0 Å². The number of hydrogen-bond acceptors (Lipinski definition) is 2. The highest BCUT2D eigenvalue weighted by Crippen LogP contribution is 2.22. The van der Waals surface area contributed by atoms with E-state index < -0.39 is 0 Å². The molecule has 0 saturated carbocycles. The lowest BCUT2D eigenvalue weighted by atomic mass is 10.1. The molecule has 2 nitrogen and oxygen atoms in total. The Labute approximate surface area is 117 Å². The Bertz CT molecular complexity index is 586. The summed E-state index contributed by atoms with van der Waals surface area (Å²) >= 11 is 6.15. The van der Waals surface area contributed by atoms with Crippen molar-refractivity contribution in [2.24, 2.45) is 0 Å². The average Bonchev–Trinajstić information content (AvgIpc) is 2.48. The molecule has 0 aromatic heterocycles. The molecule has 0 unspecified atom stereocenters. The van der Waals surface area contributed by atoms with E-state index in [9.17, 15) is 4.79 Å². The topological polar surface area (TPSA) is 26.3 Å². The van der Waals surface area contributed by atoms with Gasteiger partial charge in [-0.1, -0.05) is 41.9 Å². The number of ketones is 1. The van der Waals surface area contributed by atoms with Gasteiger partial charge in [0.2, 0.25) is 0 Å². The Hall–Kier alpha value is -2.06. The molecular formula is C16H13ClO2. The van der Waals surface area contributed by atoms with Crippen LogP contribution in [0.2, 0.25) is 0 Å². The van der Waals surface area contributed by atoms with E-state index in [-0.39, 0.29) is 5.78 Å². The summed E-state index contributed by atoms with van der Waals surface area (Å²) in [7, 11) is 1.60. The Kier molecular flexibility index (Phi) is 4.37. The summed E-state index contributed by atoms with van der Waals surface area (Å²) in [5, 5.41) is 0.413. The first-order valence-corrected chi connectivity index (χ1v) is 6.19. The Balaban J connectivity index is 2.20. The summed E-state index contributed by atoms with van der Waals surface area (Å²) in [6.45, 7) is 0. The van der Waals surface area contributed by atoms with Gasteiger partial charge in [0.15, 0.2) is 5.78 Å². The van der Waals surface area contributed by atoms with E-state index in [0.717, 1.165) is 11.3 Å². The number of carbonyl (C=O) groups excluding carboxylic acids is 1. The predicted molar refractivity (Wildman–Crippen MR) is 77.6 cm³/mol. The van der Waals surface area contributed by atoms with E-state index in [1.165, 1.54) is 6.08 Å². The van der Waals surface area contributed by atoms with Gasteiger partial charge in [0.05, 0.1) is 12.1 Å². The van der Waals surface area contributed by atoms with Gasteiger partial charge in [-0.05, 0) is 29.8 Å². The van der Waals surface area contributed by atoms with Gasteiger partial charge in [-0.15, -0.1) is 0 Å². The molecule has 0 N–H and O–H groups in total. The van der Waals surface area contributed by atoms with Crippen LogP contribution in [-0.4, -0.2) is 12.9 Å². The van der Waals surface area contributed by atoms with Crippen LogP contribution in [0.4, 0.5) is 0 Å². The molecule has 2 aromatic carbocycles. The van der Waals surface area contributed by atoms with Gasteiger partial charge in [0.25, 0.3) is 0 Å². The third-order valence-electron chi connectivity index (χ3n) is 2.68. The van der Waals surface area contributed by atoms with Crippen LogP contribution in [0.3, 0.4) is 0 Å². The van der Waals surface area contributed by atoms with Crippen LogP contribution >= 0.6 is 11.6 Å². The Morgan fingerprint density at radius 3 is 2.21 bits per heavy atom. The molecule has 96 valence electrons. The fourth-order valence-electron chi connectivity index (χ4n) is 1.63. The highest BCUT2D eigenvalue weighted by atomic mass is 35.5. The minimum absolute atomic E-state index is 0.110. The molecule has 0 fully saturated rings. The second-order valence-electron chi connectivity index (χ2n) is 3.95. The van der Waals surface area contributed by atoms with Crippen molar-refractivity contribution < 1.29 is 9.53 Å². The van der Waals surface area contributed by atoms with Gasteiger partial charge >= 0.3 is 0 Å². The summed E-state index contributed by atoms with van der Waals surface area (Å²) in [5.74, 6) is 0.643. The number of methoxy groups -OCH3 is 1. The first-order chi connectivity index (χ1) is 9.20. The highest BCUT2D eigenvalue weighted by Gasteiger charge is 2.05.